The Morgan fingerprint density at radius 3 is 0.688 bits per heavy atom. The van der Waals surface area contributed by atoms with Crippen LogP contribution in [0, 0.1) is 0 Å². The van der Waals surface area contributed by atoms with Gasteiger partial charge in [-0.15, -0.1) is 33.2 Å². The zero-order chi connectivity index (χ0) is 23.6. The highest BCUT2D eigenvalue weighted by atomic mass is 35.8. The molecule has 0 fully saturated rings. The lowest BCUT2D eigenvalue weighted by Gasteiger charge is -2.07. The Bertz CT molecular complexity index is 350. The third kappa shape index (κ3) is 31.0. The molecule has 0 saturated carbocycles. The van der Waals surface area contributed by atoms with Crippen LogP contribution < -0.4 is 0 Å². The first-order valence-electron chi connectivity index (χ1n) is 14.2. The van der Waals surface area contributed by atoms with E-state index in [1.165, 1.54) is 148 Å². The highest BCUT2D eigenvalue weighted by Crippen LogP contribution is 2.27. The summed E-state index contributed by atoms with van der Waals surface area (Å²) in [5.41, 5.74) is 0. The summed E-state index contributed by atoms with van der Waals surface area (Å²) >= 11 is 17.7. The lowest BCUT2D eigenvalue weighted by molar-refractivity contribution is 0.282. The van der Waals surface area contributed by atoms with Crippen molar-refractivity contribution in [3.63, 3.8) is 0 Å². The Hall–Kier alpha value is 1.05. The van der Waals surface area contributed by atoms with Crippen molar-refractivity contribution in [2.75, 3.05) is 6.61 Å². The third-order valence-electron chi connectivity index (χ3n) is 6.62. The first kappa shape index (κ1) is 33.0. The number of hydrogen-bond acceptors (Lipinski definition) is 1. The summed E-state index contributed by atoms with van der Waals surface area (Å²) in [6.45, 7) is 0.367. The molecule has 0 aromatic carbocycles. The molecule has 0 spiro atoms. The van der Waals surface area contributed by atoms with Crippen molar-refractivity contribution < 1.29 is 5.11 Å². The normalized spacial score (nSPS) is 12.0. The molecular formula is C27H55Cl3OSi. The maximum absolute atomic E-state index is 8.76. The monoisotopic (exact) mass is 528 g/mol. The molecule has 1 N–H and O–H groups in total. The molecule has 0 aliphatic rings. The third-order valence-corrected chi connectivity index (χ3v) is 9.24. The van der Waals surface area contributed by atoms with E-state index in [0.717, 1.165) is 18.9 Å². The smallest absolute Gasteiger partial charge is 0.341 e. The van der Waals surface area contributed by atoms with E-state index in [4.69, 9.17) is 38.3 Å². The molecule has 0 amide bonds. The summed E-state index contributed by atoms with van der Waals surface area (Å²) in [7, 11) is 0. The van der Waals surface area contributed by atoms with E-state index < -0.39 is 6.00 Å². The van der Waals surface area contributed by atoms with Gasteiger partial charge in [-0.1, -0.05) is 154 Å². The minimum absolute atomic E-state index is 0.367. The van der Waals surface area contributed by atoms with Crippen molar-refractivity contribution in [2.45, 2.75) is 167 Å². The van der Waals surface area contributed by atoms with E-state index in [-0.39, 0.29) is 0 Å². The Kier molecular flexibility index (Phi) is 27.5. The van der Waals surface area contributed by atoms with Crippen molar-refractivity contribution in [1.82, 2.24) is 0 Å². The van der Waals surface area contributed by atoms with Crippen molar-refractivity contribution in [3.05, 3.63) is 0 Å². The fourth-order valence-corrected chi connectivity index (χ4v) is 6.36. The summed E-state index contributed by atoms with van der Waals surface area (Å²) in [6, 6.07) is -1.54. The van der Waals surface area contributed by atoms with Crippen molar-refractivity contribution in [1.29, 1.82) is 0 Å². The van der Waals surface area contributed by atoms with Crippen LogP contribution in [0.15, 0.2) is 0 Å². The van der Waals surface area contributed by atoms with Gasteiger partial charge in [0.2, 0.25) is 0 Å². The number of rotatable bonds is 27. The molecular weight excluding hydrogens is 475 g/mol. The molecule has 0 rings (SSSR count). The Labute approximate surface area is 216 Å². The van der Waals surface area contributed by atoms with Crippen LogP contribution in [0.25, 0.3) is 0 Å². The summed E-state index contributed by atoms with van der Waals surface area (Å²) in [4.78, 5) is 0. The lowest BCUT2D eigenvalue weighted by Crippen LogP contribution is -2.07. The number of halogens is 3. The van der Waals surface area contributed by atoms with Crippen molar-refractivity contribution in [3.8, 4) is 0 Å². The fraction of sp³-hybridized carbons (Fsp3) is 1.00. The second-order valence-electron chi connectivity index (χ2n) is 9.93. The molecule has 0 bridgehead atoms. The maximum atomic E-state index is 8.76. The number of hydrogen-bond donors (Lipinski definition) is 1. The van der Waals surface area contributed by atoms with Gasteiger partial charge in [0.15, 0.2) is 0 Å². The zero-order valence-electron chi connectivity index (χ0n) is 21.2. The highest BCUT2D eigenvalue weighted by Gasteiger charge is 2.23. The Balaban J connectivity index is 3.02. The number of aliphatic hydroxyl groups is 1. The molecule has 0 aromatic heterocycles. The second-order valence-corrected chi connectivity index (χ2v) is 19.2. The predicted octanol–water partition coefficient (Wildman–Crippen LogP) is 11.4. The summed E-state index contributed by atoms with van der Waals surface area (Å²) in [6.07, 6.45) is 34.2. The van der Waals surface area contributed by atoms with Crippen LogP contribution in [0.5, 0.6) is 0 Å². The van der Waals surface area contributed by atoms with Crippen LogP contribution in [0.3, 0.4) is 0 Å². The Morgan fingerprint density at radius 2 is 0.500 bits per heavy atom. The first-order chi connectivity index (χ1) is 15.6. The average Bonchev–Trinajstić information content (AvgIpc) is 2.75. The average molecular weight is 530 g/mol. The quantitative estimate of drug-likeness (QED) is 0.0637. The molecule has 0 heterocycles. The van der Waals surface area contributed by atoms with Crippen LogP contribution in [-0.2, 0) is 0 Å². The summed E-state index contributed by atoms with van der Waals surface area (Å²) in [5, 5.41) is 8.76. The summed E-state index contributed by atoms with van der Waals surface area (Å²) < 4.78 is 0. The van der Waals surface area contributed by atoms with E-state index in [2.05, 4.69) is 0 Å². The molecule has 32 heavy (non-hydrogen) atoms. The van der Waals surface area contributed by atoms with E-state index >= 15 is 0 Å². The van der Waals surface area contributed by atoms with E-state index in [0.29, 0.717) is 6.61 Å². The molecule has 194 valence electrons. The molecule has 1 nitrogen and oxygen atoms in total. The van der Waals surface area contributed by atoms with Crippen LogP contribution in [0.2, 0.25) is 6.04 Å². The molecule has 0 atom stereocenters. The fourth-order valence-electron chi connectivity index (χ4n) is 4.50. The van der Waals surface area contributed by atoms with Gasteiger partial charge < -0.3 is 5.11 Å². The van der Waals surface area contributed by atoms with Gasteiger partial charge in [0.1, 0.15) is 0 Å². The van der Waals surface area contributed by atoms with Crippen LogP contribution >= 0.6 is 33.2 Å². The van der Waals surface area contributed by atoms with Gasteiger partial charge in [-0.3, -0.25) is 0 Å². The molecule has 0 aromatic rings. The largest absolute Gasteiger partial charge is 0.396 e. The van der Waals surface area contributed by atoms with Crippen LogP contribution in [0.1, 0.15) is 161 Å². The van der Waals surface area contributed by atoms with E-state index in [1.807, 2.05) is 0 Å². The first-order valence-corrected chi connectivity index (χ1v) is 19.5. The van der Waals surface area contributed by atoms with Gasteiger partial charge in [0.05, 0.1) is 0 Å². The standard InChI is InChI=1S/C27H55Cl3OSi/c28-32(29,30)27-25-23-21-19-17-15-13-11-9-7-5-3-1-2-4-6-8-10-12-14-16-18-20-22-24-26-31/h31H,1-27H2. The minimum Gasteiger partial charge on any atom is -0.396 e. The van der Waals surface area contributed by atoms with Gasteiger partial charge in [0, 0.05) is 6.61 Å². The van der Waals surface area contributed by atoms with Gasteiger partial charge in [-0.05, 0) is 12.5 Å². The highest BCUT2D eigenvalue weighted by molar-refractivity contribution is 7.64. The molecule has 0 radical (unpaired) electrons. The summed E-state index contributed by atoms with van der Waals surface area (Å²) in [5.74, 6) is 0. The Morgan fingerprint density at radius 1 is 0.312 bits per heavy atom. The van der Waals surface area contributed by atoms with Crippen molar-refractivity contribution in [2.24, 2.45) is 0 Å². The lowest BCUT2D eigenvalue weighted by atomic mass is 10.0. The van der Waals surface area contributed by atoms with Gasteiger partial charge in [-0.25, -0.2) is 0 Å². The molecule has 0 aliphatic carbocycles. The van der Waals surface area contributed by atoms with Gasteiger partial charge in [0.25, 0.3) is 0 Å². The second kappa shape index (κ2) is 26.6. The number of aliphatic hydroxyl groups excluding tert-OH is 1. The maximum Gasteiger partial charge on any atom is 0.341 e. The minimum atomic E-state index is -2.37. The van der Waals surface area contributed by atoms with Gasteiger partial charge in [-0.2, -0.15) is 0 Å². The zero-order valence-corrected chi connectivity index (χ0v) is 24.4. The number of unbranched alkanes of at least 4 members (excludes halogenated alkanes) is 24. The van der Waals surface area contributed by atoms with Crippen LogP contribution in [0.4, 0.5) is 0 Å². The van der Waals surface area contributed by atoms with Crippen LogP contribution in [-0.4, -0.2) is 17.7 Å². The molecule has 0 saturated heterocycles. The topological polar surface area (TPSA) is 20.2 Å². The molecule has 5 heteroatoms. The molecule has 0 unspecified atom stereocenters. The van der Waals surface area contributed by atoms with E-state index in [1.54, 1.807) is 0 Å². The SMILES string of the molecule is OCCCCCCCCCCCCCCCCCCCCCCCCCCC[Si](Cl)(Cl)Cl. The van der Waals surface area contributed by atoms with Gasteiger partial charge >= 0.3 is 6.00 Å². The van der Waals surface area contributed by atoms with E-state index in [9.17, 15) is 0 Å². The van der Waals surface area contributed by atoms with Crippen molar-refractivity contribution >= 4 is 39.2 Å². The molecule has 0 aliphatic heterocycles. The predicted molar refractivity (Wildman–Crippen MR) is 151 cm³/mol.